The van der Waals surface area contributed by atoms with E-state index in [1.54, 1.807) is 13.2 Å². The van der Waals surface area contributed by atoms with Crippen LogP contribution in [0.4, 0.5) is 11.5 Å². The number of anilines is 2. The van der Waals surface area contributed by atoms with Crippen LogP contribution in [0.2, 0.25) is 0 Å². The highest BCUT2D eigenvalue weighted by atomic mass is 16.5. The summed E-state index contributed by atoms with van der Waals surface area (Å²) >= 11 is 0. The monoisotopic (exact) mass is 235 g/mol. The Labute approximate surface area is 101 Å². The molecule has 1 aromatic heterocycles. The van der Waals surface area contributed by atoms with Crippen LogP contribution in [0.5, 0.6) is 5.88 Å². The van der Waals surface area contributed by atoms with Gasteiger partial charge in [-0.05, 0) is 13.0 Å². The lowest BCUT2D eigenvalue weighted by atomic mass is 10.1. The normalized spacial score (nSPS) is 19.4. The second kappa shape index (κ2) is 4.61. The molecule has 1 N–H and O–H groups in total. The maximum Gasteiger partial charge on any atom is 0.229 e. The van der Waals surface area contributed by atoms with Crippen molar-refractivity contribution >= 4 is 17.4 Å². The van der Waals surface area contributed by atoms with Gasteiger partial charge >= 0.3 is 0 Å². The molecule has 1 aliphatic rings. The van der Waals surface area contributed by atoms with Crippen LogP contribution >= 0.6 is 0 Å². The minimum Gasteiger partial charge on any atom is -0.481 e. The number of rotatable bonds is 2. The van der Waals surface area contributed by atoms with E-state index in [0.29, 0.717) is 12.4 Å². The smallest absolute Gasteiger partial charge is 0.229 e. The van der Waals surface area contributed by atoms with E-state index < -0.39 is 0 Å². The number of nitrogens with zero attached hydrogens (tertiary/aromatic N) is 2. The highest BCUT2D eigenvalue weighted by Gasteiger charge is 2.25. The zero-order chi connectivity index (χ0) is 12.4. The molecular weight excluding hydrogens is 218 g/mol. The molecule has 1 unspecified atom stereocenters. The summed E-state index contributed by atoms with van der Waals surface area (Å²) in [6.07, 6.45) is 0. The van der Waals surface area contributed by atoms with Crippen LogP contribution in [0.25, 0.3) is 0 Å². The fourth-order valence-electron chi connectivity index (χ4n) is 1.92. The van der Waals surface area contributed by atoms with Gasteiger partial charge in [-0.3, -0.25) is 4.79 Å². The Balaban J connectivity index is 2.44. The number of hydrogen-bond acceptors (Lipinski definition) is 4. The van der Waals surface area contributed by atoms with Gasteiger partial charge in [0, 0.05) is 19.2 Å². The lowest BCUT2D eigenvalue weighted by Gasteiger charge is -2.22. The van der Waals surface area contributed by atoms with Gasteiger partial charge in [-0.1, -0.05) is 6.92 Å². The number of carbonyl (C=O) groups is 1. The van der Waals surface area contributed by atoms with E-state index in [0.717, 1.165) is 18.1 Å². The summed E-state index contributed by atoms with van der Waals surface area (Å²) in [5.41, 5.74) is 0.752. The van der Waals surface area contributed by atoms with Crippen molar-refractivity contribution in [1.29, 1.82) is 0 Å². The van der Waals surface area contributed by atoms with E-state index in [1.807, 2.05) is 19.9 Å². The Bertz CT molecular complexity index is 434. The Morgan fingerprint density at radius 3 is 3.00 bits per heavy atom. The van der Waals surface area contributed by atoms with Gasteiger partial charge < -0.3 is 15.0 Å². The minimum atomic E-state index is -0.0462. The standard InChI is InChI=1S/C12H17N3O2/c1-4-15-7-8(2)12(16)13-9-5-6-10(17-3)14-11(9)15/h5-6,8H,4,7H2,1-3H3,(H,13,16). The Kier molecular flexibility index (Phi) is 3.17. The Hall–Kier alpha value is -1.78. The molecule has 0 radical (unpaired) electrons. The van der Waals surface area contributed by atoms with Crippen LogP contribution in [-0.2, 0) is 4.79 Å². The third-order valence-corrected chi connectivity index (χ3v) is 2.94. The molecule has 0 aromatic carbocycles. The average molecular weight is 235 g/mol. The number of amides is 1. The molecule has 1 amide bonds. The molecule has 1 aromatic rings. The van der Waals surface area contributed by atoms with E-state index in [2.05, 4.69) is 15.2 Å². The van der Waals surface area contributed by atoms with Crippen molar-refractivity contribution in [2.75, 3.05) is 30.4 Å². The molecule has 2 rings (SSSR count). The number of aromatic nitrogens is 1. The molecule has 0 bridgehead atoms. The summed E-state index contributed by atoms with van der Waals surface area (Å²) in [5.74, 6) is 1.33. The van der Waals surface area contributed by atoms with Crippen molar-refractivity contribution in [3.8, 4) is 5.88 Å². The van der Waals surface area contributed by atoms with Crippen molar-refractivity contribution in [3.05, 3.63) is 12.1 Å². The van der Waals surface area contributed by atoms with Crippen LogP contribution in [0.3, 0.4) is 0 Å². The van der Waals surface area contributed by atoms with Gasteiger partial charge in [0.2, 0.25) is 11.8 Å². The lowest BCUT2D eigenvalue weighted by Crippen LogP contribution is -2.30. The van der Waals surface area contributed by atoms with E-state index in [1.165, 1.54) is 0 Å². The molecule has 0 spiro atoms. The first kappa shape index (κ1) is 11.7. The van der Waals surface area contributed by atoms with Gasteiger partial charge in [-0.2, -0.15) is 4.98 Å². The van der Waals surface area contributed by atoms with E-state index >= 15 is 0 Å². The fraction of sp³-hybridized carbons (Fsp3) is 0.500. The van der Waals surface area contributed by atoms with Crippen LogP contribution < -0.4 is 15.0 Å². The molecule has 0 saturated heterocycles. The average Bonchev–Trinajstić information content (AvgIpc) is 2.46. The maximum atomic E-state index is 11.8. The van der Waals surface area contributed by atoms with Gasteiger partial charge in [0.15, 0.2) is 5.82 Å². The van der Waals surface area contributed by atoms with Gasteiger partial charge in [0.1, 0.15) is 0 Å². The van der Waals surface area contributed by atoms with E-state index in [9.17, 15) is 4.79 Å². The highest BCUT2D eigenvalue weighted by molar-refractivity contribution is 5.96. The number of pyridine rings is 1. The summed E-state index contributed by atoms with van der Waals surface area (Å²) in [7, 11) is 1.59. The summed E-state index contributed by atoms with van der Waals surface area (Å²) in [4.78, 5) is 18.3. The number of ether oxygens (including phenoxy) is 1. The van der Waals surface area contributed by atoms with Crippen LogP contribution in [0.1, 0.15) is 13.8 Å². The first-order valence-corrected chi connectivity index (χ1v) is 5.76. The molecular formula is C12H17N3O2. The zero-order valence-electron chi connectivity index (χ0n) is 10.4. The molecule has 17 heavy (non-hydrogen) atoms. The summed E-state index contributed by atoms with van der Waals surface area (Å²) in [6, 6.07) is 3.59. The molecule has 2 heterocycles. The van der Waals surface area contributed by atoms with E-state index in [-0.39, 0.29) is 11.8 Å². The fourth-order valence-corrected chi connectivity index (χ4v) is 1.92. The zero-order valence-corrected chi connectivity index (χ0v) is 10.4. The number of carbonyl (C=O) groups excluding carboxylic acids is 1. The largest absolute Gasteiger partial charge is 0.481 e. The van der Waals surface area contributed by atoms with Crippen molar-refractivity contribution < 1.29 is 9.53 Å². The van der Waals surface area contributed by atoms with Crippen molar-refractivity contribution in [3.63, 3.8) is 0 Å². The second-order valence-electron chi connectivity index (χ2n) is 4.15. The molecule has 92 valence electrons. The topological polar surface area (TPSA) is 54.5 Å². The van der Waals surface area contributed by atoms with Crippen LogP contribution in [-0.4, -0.2) is 31.1 Å². The Morgan fingerprint density at radius 2 is 2.35 bits per heavy atom. The first-order chi connectivity index (χ1) is 8.15. The third kappa shape index (κ3) is 2.18. The maximum absolute atomic E-state index is 11.8. The summed E-state index contributed by atoms with van der Waals surface area (Å²) in [6.45, 7) is 5.45. The molecule has 1 atom stereocenters. The summed E-state index contributed by atoms with van der Waals surface area (Å²) in [5, 5.41) is 2.89. The molecule has 5 nitrogen and oxygen atoms in total. The van der Waals surface area contributed by atoms with Crippen molar-refractivity contribution in [2.45, 2.75) is 13.8 Å². The predicted octanol–water partition coefficient (Wildman–Crippen LogP) is 1.50. The van der Waals surface area contributed by atoms with Crippen LogP contribution in [0, 0.1) is 5.92 Å². The number of fused-ring (bicyclic) bond motifs is 1. The van der Waals surface area contributed by atoms with Gasteiger partial charge in [-0.15, -0.1) is 0 Å². The number of nitrogens with one attached hydrogen (secondary N) is 1. The SMILES string of the molecule is CCN1CC(C)C(=O)Nc2ccc(OC)nc21. The molecule has 0 fully saturated rings. The van der Waals surface area contributed by atoms with Crippen molar-refractivity contribution in [1.82, 2.24) is 4.98 Å². The Morgan fingerprint density at radius 1 is 1.59 bits per heavy atom. The summed E-state index contributed by atoms with van der Waals surface area (Å²) < 4.78 is 5.12. The first-order valence-electron chi connectivity index (χ1n) is 5.76. The number of hydrogen-bond donors (Lipinski definition) is 1. The molecule has 1 aliphatic heterocycles. The molecule has 5 heteroatoms. The van der Waals surface area contributed by atoms with Gasteiger partial charge in [0.05, 0.1) is 18.7 Å². The third-order valence-electron chi connectivity index (χ3n) is 2.94. The van der Waals surface area contributed by atoms with E-state index in [4.69, 9.17) is 4.74 Å². The quantitative estimate of drug-likeness (QED) is 0.844. The number of methoxy groups -OCH3 is 1. The van der Waals surface area contributed by atoms with Crippen LogP contribution in [0.15, 0.2) is 12.1 Å². The van der Waals surface area contributed by atoms with Crippen molar-refractivity contribution in [2.24, 2.45) is 5.92 Å². The second-order valence-corrected chi connectivity index (χ2v) is 4.15. The molecule has 0 saturated carbocycles. The molecule has 0 aliphatic carbocycles. The highest BCUT2D eigenvalue weighted by Crippen LogP contribution is 2.29. The lowest BCUT2D eigenvalue weighted by molar-refractivity contribution is -0.119. The minimum absolute atomic E-state index is 0.0363. The predicted molar refractivity (Wildman–Crippen MR) is 66.5 cm³/mol. The van der Waals surface area contributed by atoms with Gasteiger partial charge in [0.25, 0.3) is 0 Å². The van der Waals surface area contributed by atoms with Gasteiger partial charge in [-0.25, -0.2) is 0 Å².